The average Bonchev–Trinajstić information content (AvgIpc) is 3.00. The number of nitrogens with zero attached hydrogens (tertiary/aromatic N) is 1. The second-order valence-corrected chi connectivity index (χ2v) is 8.23. The van der Waals surface area contributed by atoms with E-state index in [1.165, 1.54) is 16.0 Å². The fourth-order valence-electron chi connectivity index (χ4n) is 4.29. The highest BCUT2D eigenvalue weighted by molar-refractivity contribution is 5.71. The van der Waals surface area contributed by atoms with E-state index in [0.717, 1.165) is 31.2 Å². The van der Waals surface area contributed by atoms with Crippen molar-refractivity contribution in [1.29, 1.82) is 0 Å². The van der Waals surface area contributed by atoms with Crippen LogP contribution < -0.4 is 0 Å². The number of halogens is 6. The van der Waals surface area contributed by atoms with Gasteiger partial charge in [-0.25, -0.2) is 4.79 Å². The number of rotatable bonds is 3. The van der Waals surface area contributed by atoms with Crippen LogP contribution in [0.5, 0.6) is 0 Å². The number of carbonyl (C=O) groups is 1. The first kappa shape index (κ1) is 22.5. The van der Waals surface area contributed by atoms with Gasteiger partial charge in [0.05, 0.1) is 23.7 Å². The summed E-state index contributed by atoms with van der Waals surface area (Å²) in [6, 6.07) is 7.48. The Kier molecular flexibility index (Phi) is 5.63. The van der Waals surface area contributed by atoms with Gasteiger partial charge >= 0.3 is 18.4 Å². The van der Waals surface area contributed by atoms with Gasteiger partial charge in [-0.2, -0.15) is 26.3 Å². The topological polar surface area (TPSA) is 29.5 Å². The zero-order chi connectivity index (χ0) is 23.3. The van der Waals surface area contributed by atoms with E-state index in [1.807, 2.05) is 12.1 Å². The molecule has 1 heterocycles. The summed E-state index contributed by atoms with van der Waals surface area (Å²) in [6.07, 6.45) is -7.94. The van der Waals surface area contributed by atoms with E-state index in [1.54, 1.807) is 6.92 Å². The Balaban J connectivity index is 1.62. The van der Waals surface area contributed by atoms with Gasteiger partial charge in [0.25, 0.3) is 0 Å². The molecule has 1 radical (unpaired) electrons. The van der Waals surface area contributed by atoms with E-state index in [9.17, 15) is 31.1 Å². The molecular weight excluding hydrogens is 436 g/mol. The van der Waals surface area contributed by atoms with Crippen molar-refractivity contribution in [2.45, 2.75) is 63.7 Å². The number of aryl methyl sites for hydroxylation is 2. The number of carbonyl (C=O) groups excluding carboxylic acids is 1. The predicted octanol–water partition coefficient (Wildman–Crippen LogP) is 6.49. The number of alkyl halides is 6. The molecule has 1 amide bonds. The van der Waals surface area contributed by atoms with E-state index in [-0.39, 0.29) is 18.2 Å². The SMILES string of the molecule is C[C@H]1[C@@H](c2cc(C(F)(F)F)cc(C(F)(F)F)c2)OC(=O)N1Cc1[c]cc2c(c1)CCCC2. The highest BCUT2D eigenvalue weighted by Crippen LogP contribution is 2.41. The Hall–Kier alpha value is -2.71. The third-order valence-electron chi connectivity index (χ3n) is 6.01. The third kappa shape index (κ3) is 4.42. The fourth-order valence-corrected chi connectivity index (χ4v) is 4.29. The van der Waals surface area contributed by atoms with Crippen LogP contribution in [-0.2, 0) is 36.5 Å². The van der Waals surface area contributed by atoms with Crippen molar-refractivity contribution in [2.75, 3.05) is 0 Å². The number of amides is 1. The largest absolute Gasteiger partial charge is 0.439 e. The molecule has 1 saturated heterocycles. The third-order valence-corrected chi connectivity index (χ3v) is 6.01. The lowest BCUT2D eigenvalue weighted by molar-refractivity contribution is -0.143. The number of hydrogen-bond acceptors (Lipinski definition) is 2. The summed E-state index contributed by atoms with van der Waals surface area (Å²) in [5.74, 6) is 0. The molecule has 3 nitrogen and oxygen atoms in total. The molecule has 1 aliphatic carbocycles. The van der Waals surface area contributed by atoms with Gasteiger partial charge in [-0.15, -0.1) is 0 Å². The van der Waals surface area contributed by atoms with E-state index in [2.05, 4.69) is 6.07 Å². The van der Waals surface area contributed by atoms with Gasteiger partial charge in [-0.1, -0.05) is 12.1 Å². The van der Waals surface area contributed by atoms with Crippen molar-refractivity contribution in [3.8, 4) is 0 Å². The number of cyclic esters (lactones) is 1. The molecule has 0 unspecified atom stereocenters. The quantitative estimate of drug-likeness (QED) is 0.495. The molecule has 0 aromatic heterocycles. The lowest BCUT2D eigenvalue weighted by Gasteiger charge is -2.23. The molecule has 1 fully saturated rings. The normalized spacial score (nSPS) is 21.5. The Bertz CT molecular complexity index is 998. The Morgan fingerprint density at radius 1 is 0.969 bits per heavy atom. The fraction of sp³-hybridized carbons (Fsp3) is 0.435. The molecule has 171 valence electrons. The summed E-state index contributed by atoms with van der Waals surface area (Å²) in [4.78, 5) is 13.8. The summed E-state index contributed by atoms with van der Waals surface area (Å²) in [6.45, 7) is 1.65. The van der Waals surface area contributed by atoms with Gasteiger partial charge in [-0.05, 0) is 79.1 Å². The molecule has 2 aromatic carbocycles. The molecular formula is C23H20F6NO2. The monoisotopic (exact) mass is 456 g/mol. The van der Waals surface area contributed by atoms with Crippen LogP contribution in [0.25, 0.3) is 0 Å². The maximum atomic E-state index is 13.2. The molecule has 32 heavy (non-hydrogen) atoms. The van der Waals surface area contributed by atoms with E-state index >= 15 is 0 Å². The van der Waals surface area contributed by atoms with Gasteiger partial charge in [0.2, 0.25) is 0 Å². The molecule has 2 aliphatic rings. The van der Waals surface area contributed by atoms with Crippen LogP contribution in [0, 0.1) is 6.07 Å². The summed E-state index contributed by atoms with van der Waals surface area (Å²) < 4.78 is 84.5. The average molecular weight is 456 g/mol. The van der Waals surface area contributed by atoms with E-state index in [0.29, 0.717) is 12.1 Å². The van der Waals surface area contributed by atoms with Crippen molar-refractivity contribution >= 4 is 6.09 Å². The van der Waals surface area contributed by atoms with Crippen molar-refractivity contribution in [3.63, 3.8) is 0 Å². The lowest BCUT2D eigenvalue weighted by Crippen LogP contribution is -2.31. The zero-order valence-corrected chi connectivity index (χ0v) is 17.1. The van der Waals surface area contributed by atoms with Crippen LogP contribution in [0.2, 0.25) is 0 Å². The molecule has 0 N–H and O–H groups in total. The summed E-state index contributed by atoms with van der Waals surface area (Å²) in [7, 11) is 0. The standard InChI is InChI=1S/C23H20F6NO2/c1-13-20(17-9-18(22(24,25)26)11-19(10-17)23(27,28)29)32-21(31)30(13)12-14-6-7-15-4-2-3-5-16(15)8-14/h7-11,13,20H,2-5,12H2,1H3/t13-,20-/m0/s1. The molecule has 2 aromatic rings. The highest BCUT2D eigenvalue weighted by atomic mass is 19.4. The minimum absolute atomic E-state index is 0.0603. The summed E-state index contributed by atoms with van der Waals surface area (Å²) in [5.41, 5.74) is -0.118. The number of benzene rings is 2. The second-order valence-electron chi connectivity index (χ2n) is 8.23. The Labute approximate surface area is 181 Å². The Morgan fingerprint density at radius 2 is 1.56 bits per heavy atom. The molecule has 1 aliphatic heterocycles. The van der Waals surface area contributed by atoms with Crippen molar-refractivity contribution in [3.05, 3.63) is 69.8 Å². The molecule has 2 atom stereocenters. The van der Waals surface area contributed by atoms with Crippen molar-refractivity contribution < 1.29 is 35.9 Å². The minimum atomic E-state index is -4.97. The number of hydrogen-bond donors (Lipinski definition) is 0. The van der Waals surface area contributed by atoms with Crippen LogP contribution in [-0.4, -0.2) is 17.0 Å². The van der Waals surface area contributed by atoms with Gasteiger partial charge in [0.15, 0.2) is 0 Å². The van der Waals surface area contributed by atoms with Crippen LogP contribution in [0.3, 0.4) is 0 Å². The number of ether oxygens (including phenoxy) is 1. The lowest BCUT2D eigenvalue weighted by atomic mass is 9.90. The van der Waals surface area contributed by atoms with E-state index < -0.39 is 41.7 Å². The maximum Gasteiger partial charge on any atom is 0.416 e. The highest BCUT2D eigenvalue weighted by Gasteiger charge is 2.43. The van der Waals surface area contributed by atoms with Crippen molar-refractivity contribution in [2.24, 2.45) is 0 Å². The molecule has 0 spiro atoms. The summed E-state index contributed by atoms with van der Waals surface area (Å²) in [5, 5.41) is 0. The second kappa shape index (κ2) is 8.01. The first-order chi connectivity index (χ1) is 14.9. The van der Waals surface area contributed by atoms with Gasteiger partial charge in [-0.3, -0.25) is 4.90 Å². The van der Waals surface area contributed by atoms with Gasteiger partial charge < -0.3 is 4.74 Å². The molecule has 0 saturated carbocycles. The van der Waals surface area contributed by atoms with Gasteiger partial charge in [0.1, 0.15) is 6.10 Å². The predicted molar refractivity (Wildman–Crippen MR) is 103 cm³/mol. The first-order valence-corrected chi connectivity index (χ1v) is 10.2. The van der Waals surface area contributed by atoms with Crippen LogP contribution in [0.4, 0.5) is 31.1 Å². The zero-order valence-electron chi connectivity index (χ0n) is 17.1. The van der Waals surface area contributed by atoms with Gasteiger partial charge in [0, 0.05) is 0 Å². The first-order valence-electron chi connectivity index (χ1n) is 10.2. The van der Waals surface area contributed by atoms with Crippen LogP contribution in [0.1, 0.15) is 59.3 Å². The molecule has 0 bridgehead atoms. The van der Waals surface area contributed by atoms with Crippen molar-refractivity contribution in [1.82, 2.24) is 4.90 Å². The minimum Gasteiger partial charge on any atom is -0.439 e. The Morgan fingerprint density at radius 3 is 2.16 bits per heavy atom. The summed E-state index contributed by atoms with van der Waals surface area (Å²) >= 11 is 0. The van der Waals surface area contributed by atoms with E-state index in [4.69, 9.17) is 4.74 Å². The smallest absolute Gasteiger partial charge is 0.416 e. The maximum absolute atomic E-state index is 13.2. The van der Waals surface area contributed by atoms with Crippen LogP contribution >= 0.6 is 0 Å². The molecule has 4 rings (SSSR count). The molecule has 9 heteroatoms. The van der Waals surface area contributed by atoms with Crippen LogP contribution in [0.15, 0.2) is 30.3 Å². The number of fused-ring (bicyclic) bond motifs is 1.